The van der Waals surface area contributed by atoms with E-state index in [9.17, 15) is 27.6 Å². The van der Waals surface area contributed by atoms with Gasteiger partial charge in [-0.25, -0.2) is 13.2 Å². The number of benzene rings is 1. The smallest absolute Gasteiger partial charge is 0.320 e. The molecular weight excluding hydrogens is 701 g/mol. The van der Waals surface area contributed by atoms with Crippen molar-refractivity contribution in [2.75, 3.05) is 72.5 Å². The normalized spacial score (nSPS) is 17.8. The number of Topliss-reactive ketones (excluding diaryl/α,β-unsaturated/α-hetero) is 1. The van der Waals surface area contributed by atoms with Crippen molar-refractivity contribution in [1.82, 2.24) is 19.6 Å². The molecule has 1 aliphatic rings. The number of nitrogens with zero attached hydrogens (tertiary/aromatic N) is 4. The third-order valence-corrected chi connectivity index (χ3v) is 7.95. The summed E-state index contributed by atoms with van der Waals surface area (Å²) in [5, 5.41) is 0. The molecule has 13 heteroatoms. The van der Waals surface area contributed by atoms with Crippen LogP contribution in [0, 0.1) is 36.7 Å². The van der Waals surface area contributed by atoms with Crippen molar-refractivity contribution in [3.05, 3.63) is 40.9 Å². The Hall–Kier alpha value is -3.00. The lowest BCUT2D eigenvalue weighted by Gasteiger charge is -2.39. The molecule has 1 atom stereocenters. The fourth-order valence-corrected chi connectivity index (χ4v) is 5.60. The van der Waals surface area contributed by atoms with Crippen LogP contribution in [0.1, 0.15) is 100 Å². The number of esters is 2. The van der Waals surface area contributed by atoms with Crippen LogP contribution in [-0.2, 0) is 23.9 Å². The number of rotatable bonds is 11. The SMILES string of the molecule is C=C(CN1CCN(C)CCN(CC(=O)OC(C)(C)C)CCN(CC(C)=O)CC1CCC(=O)Oc1c(F)c(C)c(F)c(C)c1F)OC(C)(C)C.CC(C)(C)C. The minimum atomic E-state index is -1.26. The molecule has 0 N–H and O–H groups in total. The Kier molecular flexibility index (Phi) is 19.4. The number of hydrogen-bond donors (Lipinski definition) is 0. The zero-order valence-corrected chi connectivity index (χ0v) is 35.6. The Morgan fingerprint density at radius 3 is 1.69 bits per heavy atom. The minimum Gasteiger partial charge on any atom is -0.492 e. The number of ether oxygens (including phenoxy) is 3. The highest BCUT2D eigenvalue weighted by molar-refractivity contribution is 5.77. The highest BCUT2D eigenvalue weighted by Gasteiger charge is 2.29. The second kappa shape index (κ2) is 21.3. The largest absolute Gasteiger partial charge is 0.492 e. The molecule has 1 fully saturated rings. The van der Waals surface area contributed by atoms with Gasteiger partial charge in [-0.05, 0) is 81.2 Å². The van der Waals surface area contributed by atoms with E-state index < -0.39 is 51.5 Å². The summed E-state index contributed by atoms with van der Waals surface area (Å²) < 4.78 is 60.6. The topological polar surface area (TPSA) is 91.9 Å². The zero-order valence-electron chi connectivity index (χ0n) is 35.6. The van der Waals surface area contributed by atoms with E-state index in [1.165, 1.54) is 6.92 Å². The van der Waals surface area contributed by atoms with Crippen LogP contribution in [0.15, 0.2) is 12.3 Å². The molecule has 0 saturated carbocycles. The Labute approximate surface area is 323 Å². The maximum Gasteiger partial charge on any atom is 0.320 e. The lowest BCUT2D eigenvalue weighted by molar-refractivity contribution is -0.156. The lowest BCUT2D eigenvalue weighted by Crippen LogP contribution is -2.51. The molecule has 2 rings (SSSR count). The molecule has 0 aromatic heterocycles. The van der Waals surface area contributed by atoms with Gasteiger partial charge in [-0.3, -0.25) is 29.1 Å². The van der Waals surface area contributed by atoms with E-state index in [-0.39, 0.29) is 43.7 Å². The van der Waals surface area contributed by atoms with Crippen LogP contribution in [0.2, 0.25) is 0 Å². The second-order valence-corrected chi connectivity index (χ2v) is 18.0. The van der Waals surface area contributed by atoms with Crippen molar-refractivity contribution in [3.63, 3.8) is 0 Å². The van der Waals surface area contributed by atoms with Crippen LogP contribution in [0.4, 0.5) is 13.2 Å². The average Bonchev–Trinajstić information content (AvgIpc) is 2.99. The molecule has 0 bridgehead atoms. The van der Waals surface area contributed by atoms with E-state index in [1.54, 1.807) is 0 Å². The number of hydrogen-bond acceptors (Lipinski definition) is 10. The number of halogens is 3. The first-order chi connectivity index (χ1) is 24.6. The molecule has 1 unspecified atom stereocenters. The molecule has 1 saturated heterocycles. The van der Waals surface area contributed by atoms with Gasteiger partial charge < -0.3 is 19.1 Å². The molecule has 0 spiro atoms. The van der Waals surface area contributed by atoms with Gasteiger partial charge in [0.1, 0.15) is 28.6 Å². The summed E-state index contributed by atoms with van der Waals surface area (Å²) in [5.74, 6) is -5.21. The molecular formula is C41H69F3N4O6. The summed E-state index contributed by atoms with van der Waals surface area (Å²) >= 11 is 0. The zero-order chi connectivity index (χ0) is 41.8. The number of carbonyl (C=O) groups is 3. The molecule has 1 aromatic carbocycles. The maximum atomic E-state index is 14.8. The molecule has 0 aliphatic carbocycles. The standard InChI is InChI=1S/C36H57F3N4O6.C5H12/c1-24(44)20-42-18-17-41(23-30(46)49-36(8,9)10)16-14-40(11)15-19-43(21-25(2)48-35(5,6)7)28(22-42)12-13-29(45)47-34-32(38)26(3)31(37)27(4)33(34)39;1-5(2,3)4/h28H,2,12-23H2,1,3-11H3;1-4H3. The maximum absolute atomic E-state index is 14.8. The van der Waals surface area contributed by atoms with Gasteiger partial charge in [0.2, 0.25) is 5.75 Å². The summed E-state index contributed by atoms with van der Waals surface area (Å²) in [4.78, 5) is 46.5. The molecule has 1 heterocycles. The van der Waals surface area contributed by atoms with Crippen LogP contribution in [0.5, 0.6) is 5.75 Å². The van der Waals surface area contributed by atoms with E-state index in [4.69, 9.17) is 14.2 Å². The van der Waals surface area contributed by atoms with E-state index in [0.29, 0.717) is 63.5 Å². The fraction of sp³-hybridized carbons (Fsp3) is 0.732. The summed E-state index contributed by atoms with van der Waals surface area (Å²) in [6.07, 6.45) is 0.000409. The Morgan fingerprint density at radius 2 is 1.19 bits per heavy atom. The Morgan fingerprint density at radius 1 is 0.704 bits per heavy atom. The monoisotopic (exact) mass is 771 g/mol. The van der Waals surface area contributed by atoms with Gasteiger partial charge in [-0.15, -0.1) is 0 Å². The third-order valence-electron chi connectivity index (χ3n) is 7.95. The molecule has 54 heavy (non-hydrogen) atoms. The van der Waals surface area contributed by atoms with Crippen molar-refractivity contribution in [2.24, 2.45) is 5.41 Å². The molecule has 1 aromatic rings. The molecule has 1 aliphatic heterocycles. The van der Waals surface area contributed by atoms with Gasteiger partial charge in [-0.1, -0.05) is 34.3 Å². The van der Waals surface area contributed by atoms with Gasteiger partial charge in [0.25, 0.3) is 0 Å². The molecule has 0 amide bonds. The number of carbonyl (C=O) groups excluding carboxylic acids is 3. The summed E-state index contributed by atoms with van der Waals surface area (Å²) in [7, 11) is 1.99. The van der Waals surface area contributed by atoms with Crippen molar-refractivity contribution in [3.8, 4) is 5.75 Å². The third kappa shape index (κ3) is 20.1. The van der Waals surface area contributed by atoms with E-state index in [2.05, 4.69) is 44.1 Å². The Bertz CT molecular complexity index is 1380. The van der Waals surface area contributed by atoms with E-state index in [1.807, 2.05) is 58.4 Å². The van der Waals surface area contributed by atoms with E-state index in [0.717, 1.165) is 13.8 Å². The summed E-state index contributed by atoms with van der Waals surface area (Å²) in [5.41, 5.74) is -1.48. The molecule has 0 radical (unpaired) electrons. The highest BCUT2D eigenvalue weighted by atomic mass is 19.1. The van der Waals surface area contributed by atoms with Gasteiger partial charge in [0.05, 0.1) is 19.6 Å². The van der Waals surface area contributed by atoms with Gasteiger partial charge in [-0.2, -0.15) is 0 Å². The van der Waals surface area contributed by atoms with Crippen molar-refractivity contribution >= 4 is 17.7 Å². The van der Waals surface area contributed by atoms with Crippen LogP contribution in [0.25, 0.3) is 0 Å². The first kappa shape index (κ1) is 49.0. The van der Waals surface area contributed by atoms with Crippen LogP contribution < -0.4 is 4.74 Å². The minimum absolute atomic E-state index is 0.0521. The average molecular weight is 771 g/mol. The van der Waals surface area contributed by atoms with Gasteiger partial charge in [0.15, 0.2) is 11.6 Å². The predicted molar refractivity (Wildman–Crippen MR) is 208 cm³/mol. The van der Waals surface area contributed by atoms with Crippen LogP contribution in [-0.4, -0.2) is 127 Å². The van der Waals surface area contributed by atoms with Gasteiger partial charge in [0, 0.05) is 69.4 Å². The number of likely N-dealkylation sites (N-methyl/N-ethyl adjacent to an activating group) is 1. The van der Waals surface area contributed by atoms with E-state index >= 15 is 0 Å². The van der Waals surface area contributed by atoms with Gasteiger partial charge >= 0.3 is 11.9 Å². The first-order valence-corrected chi connectivity index (χ1v) is 18.9. The van der Waals surface area contributed by atoms with Crippen molar-refractivity contribution < 1.29 is 41.8 Å². The van der Waals surface area contributed by atoms with Crippen LogP contribution in [0.3, 0.4) is 0 Å². The molecule has 10 nitrogen and oxygen atoms in total. The quantitative estimate of drug-likeness (QED) is 0.134. The lowest BCUT2D eigenvalue weighted by atomic mass is 10.0. The second-order valence-electron chi connectivity index (χ2n) is 18.0. The summed E-state index contributed by atoms with van der Waals surface area (Å²) in [6.45, 7) is 32.2. The first-order valence-electron chi connectivity index (χ1n) is 18.9. The summed E-state index contributed by atoms with van der Waals surface area (Å²) in [6, 6.07) is -0.342. The highest BCUT2D eigenvalue weighted by Crippen LogP contribution is 2.30. The van der Waals surface area contributed by atoms with Crippen molar-refractivity contribution in [2.45, 2.75) is 120 Å². The molecule has 310 valence electrons. The predicted octanol–water partition coefficient (Wildman–Crippen LogP) is 6.94. The fourth-order valence-electron chi connectivity index (χ4n) is 5.60. The number of ketones is 1. The Balaban J connectivity index is 0.00000272. The van der Waals surface area contributed by atoms with Crippen molar-refractivity contribution in [1.29, 1.82) is 0 Å². The van der Waals surface area contributed by atoms with Crippen LogP contribution >= 0.6 is 0 Å².